The van der Waals surface area contributed by atoms with E-state index in [1.165, 1.54) is 0 Å². The van der Waals surface area contributed by atoms with Crippen LogP contribution in [-0.4, -0.2) is 53.5 Å². The van der Waals surface area contributed by atoms with E-state index < -0.39 is 6.04 Å². The molecule has 0 spiro atoms. The summed E-state index contributed by atoms with van der Waals surface area (Å²) in [7, 11) is 0. The number of carbonyl (C=O) groups is 2. The highest BCUT2D eigenvalue weighted by Crippen LogP contribution is 2.21. The van der Waals surface area contributed by atoms with Gasteiger partial charge < -0.3 is 20.3 Å². The molecule has 6 nitrogen and oxygen atoms in total. The number of carbonyl (C=O) groups excluding carboxylic acids is 2. The zero-order chi connectivity index (χ0) is 19.1. The minimum absolute atomic E-state index is 0.0107. The first kappa shape index (κ1) is 20.2. The molecule has 1 fully saturated rings. The van der Waals surface area contributed by atoms with Crippen molar-refractivity contribution in [1.29, 1.82) is 0 Å². The van der Waals surface area contributed by atoms with Gasteiger partial charge in [0.05, 0.1) is 6.04 Å². The molecule has 0 radical (unpaired) electrons. The van der Waals surface area contributed by atoms with Crippen LogP contribution in [0.1, 0.15) is 39.2 Å². The van der Waals surface area contributed by atoms with E-state index in [-0.39, 0.29) is 30.6 Å². The lowest BCUT2D eigenvalue weighted by molar-refractivity contribution is -0.134. The quantitative estimate of drug-likeness (QED) is 0.810. The van der Waals surface area contributed by atoms with Crippen molar-refractivity contribution in [3.8, 4) is 0 Å². The second-order valence-corrected chi connectivity index (χ2v) is 7.18. The van der Waals surface area contributed by atoms with Gasteiger partial charge in [0.2, 0.25) is 5.91 Å². The summed E-state index contributed by atoms with van der Waals surface area (Å²) in [5.74, 6) is 0.0815. The summed E-state index contributed by atoms with van der Waals surface area (Å²) in [4.78, 5) is 28.6. The Hall–Kier alpha value is -2.08. The van der Waals surface area contributed by atoms with Crippen LogP contribution in [0.5, 0.6) is 0 Å². The Bertz CT molecular complexity index is 591. The Labute approximate surface area is 156 Å². The Balaban J connectivity index is 1.92. The fourth-order valence-electron chi connectivity index (χ4n) is 3.19. The number of ether oxygens (including phenoxy) is 1. The van der Waals surface area contributed by atoms with E-state index in [1.807, 2.05) is 56.0 Å². The number of likely N-dealkylation sites (tertiary alicyclic amines) is 1. The van der Waals surface area contributed by atoms with Gasteiger partial charge in [-0.05, 0) is 31.2 Å². The molecule has 2 N–H and O–H groups in total. The molecular formula is C20H31N3O3. The van der Waals surface area contributed by atoms with E-state index in [2.05, 4.69) is 0 Å². The number of benzene rings is 1. The zero-order valence-electron chi connectivity index (χ0n) is 16.1. The number of likely N-dealkylation sites (N-methyl/N-ethyl adjacent to an activating group) is 1. The summed E-state index contributed by atoms with van der Waals surface area (Å²) in [6, 6.07) is 9.13. The minimum Gasteiger partial charge on any atom is -0.445 e. The topological polar surface area (TPSA) is 75.9 Å². The molecule has 26 heavy (non-hydrogen) atoms. The van der Waals surface area contributed by atoms with Crippen LogP contribution in [0.2, 0.25) is 0 Å². The molecule has 1 aliphatic heterocycles. The average Bonchev–Trinajstić information content (AvgIpc) is 3.11. The highest BCUT2D eigenvalue weighted by Gasteiger charge is 2.34. The molecule has 1 saturated heterocycles. The molecule has 0 aromatic heterocycles. The monoisotopic (exact) mass is 361 g/mol. The van der Waals surface area contributed by atoms with E-state index in [9.17, 15) is 9.59 Å². The van der Waals surface area contributed by atoms with E-state index in [0.29, 0.717) is 19.6 Å². The van der Waals surface area contributed by atoms with Crippen molar-refractivity contribution < 1.29 is 14.3 Å². The van der Waals surface area contributed by atoms with Gasteiger partial charge in [-0.1, -0.05) is 44.2 Å². The zero-order valence-corrected chi connectivity index (χ0v) is 16.1. The molecule has 0 aliphatic carbocycles. The highest BCUT2D eigenvalue weighted by molar-refractivity contribution is 5.82. The molecule has 1 aromatic rings. The largest absolute Gasteiger partial charge is 0.445 e. The van der Waals surface area contributed by atoms with Gasteiger partial charge in [-0.15, -0.1) is 0 Å². The van der Waals surface area contributed by atoms with Gasteiger partial charge in [-0.25, -0.2) is 4.79 Å². The lowest BCUT2D eigenvalue weighted by Gasteiger charge is -2.32. The molecular weight excluding hydrogens is 330 g/mol. The third-order valence-electron chi connectivity index (χ3n) is 4.94. The van der Waals surface area contributed by atoms with Crippen LogP contribution >= 0.6 is 0 Å². The first-order valence-electron chi connectivity index (χ1n) is 9.45. The molecule has 1 aromatic carbocycles. The van der Waals surface area contributed by atoms with Gasteiger partial charge in [-0.2, -0.15) is 0 Å². The fraction of sp³-hybridized carbons (Fsp3) is 0.600. The van der Waals surface area contributed by atoms with Crippen LogP contribution in [0.4, 0.5) is 4.79 Å². The van der Waals surface area contributed by atoms with Crippen molar-refractivity contribution in [2.24, 2.45) is 11.7 Å². The van der Waals surface area contributed by atoms with Crippen molar-refractivity contribution in [2.75, 3.05) is 19.6 Å². The van der Waals surface area contributed by atoms with Gasteiger partial charge in [-0.3, -0.25) is 4.79 Å². The maximum Gasteiger partial charge on any atom is 0.410 e. The maximum absolute atomic E-state index is 12.6. The first-order chi connectivity index (χ1) is 12.4. The van der Waals surface area contributed by atoms with E-state index in [4.69, 9.17) is 10.5 Å². The molecule has 6 heteroatoms. The van der Waals surface area contributed by atoms with Crippen LogP contribution in [0, 0.1) is 5.92 Å². The van der Waals surface area contributed by atoms with Crippen LogP contribution in [-0.2, 0) is 16.1 Å². The Morgan fingerprint density at radius 1 is 1.31 bits per heavy atom. The normalized spacial score (nSPS) is 18.0. The average molecular weight is 361 g/mol. The van der Waals surface area contributed by atoms with Crippen molar-refractivity contribution in [3.05, 3.63) is 35.9 Å². The molecule has 144 valence electrons. The van der Waals surface area contributed by atoms with Crippen molar-refractivity contribution in [1.82, 2.24) is 9.80 Å². The van der Waals surface area contributed by atoms with Crippen LogP contribution < -0.4 is 5.73 Å². The Morgan fingerprint density at radius 3 is 2.62 bits per heavy atom. The standard InChI is InChI=1S/C20H31N3O3/c1-4-22(20(25)26-14-16-9-6-5-7-10-16)13-17-11-8-12-23(17)19(24)18(21)15(2)3/h5-7,9-10,15,17-18H,4,8,11-14,21H2,1-3H3/t17?,18-/m0/s1. The second kappa shape index (κ2) is 9.57. The lowest BCUT2D eigenvalue weighted by atomic mass is 10.0. The summed E-state index contributed by atoms with van der Waals surface area (Å²) in [6.07, 6.45) is 1.49. The molecule has 2 atom stereocenters. The van der Waals surface area contributed by atoms with Gasteiger partial charge in [0.25, 0.3) is 0 Å². The third-order valence-corrected chi connectivity index (χ3v) is 4.94. The van der Waals surface area contributed by atoms with E-state index >= 15 is 0 Å². The van der Waals surface area contributed by atoms with Crippen molar-refractivity contribution >= 4 is 12.0 Å². The van der Waals surface area contributed by atoms with Gasteiger partial charge >= 0.3 is 6.09 Å². The van der Waals surface area contributed by atoms with Crippen LogP contribution in [0.25, 0.3) is 0 Å². The van der Waals surface area contributed by atoms with Gasteiger partial charge in [0.15, 0.2) is 0 Å². The Kier molecular flexibility index (Phi) is 7.45. The van der Waals surface area contributed by atoms with Crippen LogP contribution in [0.15, 0.2) is 30.3 Å². The third kappa shape index (κ3) is 5.21. The molecule has 0 saturated carbocycles. The SMILES string of the molecule is CCN(CC1CCCN1C(=O)[C@@H](N)C(C)C)C(=O)OCc1ccccc1. The number of hydrogen-bond donors (Lipinski definition) is 1. The summed E-state index contributed by atoms with van der Waals surface area (Å²) in [6.45, 7) is 7.82. The van der Waals surface area contributed by atoms with E-state index in [0.717, 1.165) is 18.4 Å². The summed E-state index contributed by atoms with van der Waals surface area (Å²) in [5, 5.41) is 0. The minimum atomic E-state index is -0.490. The van der Waals surface area contributed by atoms with Gasteiger partial charge in [0.1, 0.15) is 6.61 Å². The molecule has 2 amide bonds. The van der Waals surface area contributed by atoms with E-state index in [1.54, 1.807) is 4.90 Å². The summed E-state index contributed by atoms with van der Waals surface area (Å²) >= 11 is 0. The van der Waals surface area contributed by atoms with Crippen molar-refractivity contribution in [3.63, 3.8) is 0 Å². The molecule has 1 aliphatic rings. The number of nitrogens with two attached hydrogens (primary N) is 1. The summed E-state index contributed by atoms with van der Waals surface area (Å²) in [5.41, 5.74) is 7.00. The molecule has 1 heterocycles. The number of amides is 2. The highest BCUT2D eigenvalue weighted by atomic mass is 16.6. The Morgan fingerprint density at radius 2 is 2.00 bits per heavy atom. The maximum atomic E-state index is 12.6. The lowest BCUT2D eigenvalue weighted by Crippen LogP contribution is -2.51. The predicted molar refractivity (Wildman–Crippen MR) is 101 cm³/mol. The number of nitrogens with zero attached hydrogens (tertiary/aromatic N) is 2. The number of hydrogen-bond acceptors (Lipinski definition) is 4. The number of rotatable bonds is 7. The second-order valence-electron chi connectivity index (χ2n) is 7.18. The van der Waals surface area contributed by atoms with Crippen molar-refractivity contribution in [2.45, 2.75) is 52.3 Å². The smallest absolute Gasteiger partial charge is 0.410 e. The first-order valence-corrected chi connectivity index (χ1v) is 9.45. The molecule has 2 rings (SSSR count). The summed E-state index contributed by atoms with van der Waals surface area (Å²) < 4.78 is 5.43. The predicted octanol–water partition coefficient (Wildman–Crippen LogP) is 2.62. The van der Waals surface area contributed by atoms with Crippen LogP contribution in [0.3, 0.4) is 0 Å². The fourth-order valence-corrected chi connectivity index (χ4v) is 3.19. The molecule has 0 bridgehead atoms. The molecule has 1 unspecified atom stereocenters. The van der Waals surface area contributed by atoms with Gasteiger partial charge in [0, 0.05) is 25.7 Å².